The van der Waals surface area contributed by atoms with Crippen molar-refractivity contribution in [2.24, 2.45) is 10.4 Å². The van der Waals surface area contributed by atoms with Crippen LogP contribution in [0.4, 0.5) is 13.2 Å². The molecule has 0 radical (unpaired) electrons. The number of aliphatic imine (C=N–C) groups is 1. The molecule has 2 N–H and O–H groups in total. The van der Waals surface area contributed by atoms with Crippen LogP contribution in [0.3, 0.4) is 0 Å². The molecule has 2 fully saturated rings. The van der Waals surface area contributed by atoms with Crippen LogP contribution in [0.25, 0.3) is 0 Å². The van der Waals surface area contributed by atoms with Gasteiger partial charge in [0.05, 0.1) is 6.54 Å². The van der Waals surface area contributed by atoms with Crippen molar-refractivity contribution in [3.05, 3.63) is 0 Å². The molecule has 2 rings (SSSR count). The second-order valence-corrected chi connectivity index (χ2v) is 7.19. The fourth-order valence-electron chi connectivity index (χ4n) is 3.52. The van der Waals surface area contributed by atoms with Crippen molar-refractivity contribution in [2.75, 3.05) is 32.7 Å². The summed E-state index contributed by atoms with van der Waals surface area (Å²) in [6.45, 7) is 5.88. The number of hydrogen-bond donors (Lipinski definition) is 2. The maximum absolute atomic E-state index is 12.5. The summed E-state index contributed by atoms with van der Waals surface area (Å²) in [6, 6.07) is 0.0338. The Kier molecular flexibility index (Phi) is 6.17. The molecule has 134 valence electrons. The normalized spacial score (nSPS) is 25.8. The molecule has 0 aromatic carbocycles. The molecule has 2 aliphatic rings. The Labute approximate surface area is 136 Å². The van der Waals surface area contributed by atoms with Gasteiger partial charge in [-0.1, -0.05) is 19.8 Å². The first-order valence-corrected chi connectivity index (χ1v) is 8.64. The molecule has 1 aliphatic heterocycles. The monoisotopic (exact) mass is 334 g/mol. The highest BCUT2D eigenvalue weighted by atomic mass is 19.4. The molecule has 1 heterocycles. The summed E-state index contributed by atoms with van der Waals surface area (Å²) in [5, 5.41) is 6.52. The maximum atomic E-state index is 12.5. The van der Waals surface area contributed by atoms with E-state index in [0.717, 1.165) is 25.5 Å². The quantitative estimate of drug-likeness (QED) is 0.600. The summed E-state index contributed by atoms with van der Waals surface area (Å²) < 4.78 is 37.4. The van der Waals surface area contributed by atoms with Crippen molar-refractivity contribution in [1.29, 1.82) is 0 Å². The van der Waals surface area contributed by atoms with Gasteiger partial charge in [0.15, 0.2) is 5.96 Å². The molecule has 0 bridgehead atoms. The molecule has 1 aliphatic carbocycles. The van der Waals surface area contributed by atoms with Crippen molar-refractivity contribution >= 4 is 5.96 Å². The molecular formula is C16H29F3N4. The van der Waals surface area contributed by atoms with Crippen molar-refractivity contribution in [3.63, 3.8) is 0 Å². The Bertz CT molecular complexity index is 403. The van der Waals surface area contributed by atoms with Gasteiger partial charge in [-0.3, -0.25) is 9.89 Å². The number of alkyl halides is 3. The third-order valence-corrected chi connectivity index (χ3v) is 4.79. The Morgan fingerprint density at radius 2 is 2.00 bits per heavy atom. The first-order valence-electron chi connectivity index (χ1n) is 8.64. The number of nitrogens with zero attached hydrogens (tertiary/aromatic N) is 2. The Hall–Kier alpha value is -0.980. The van der Waals surface area contributed by atoms with Crippen LogP contribution >= 0.6 is 0 Å². The summed E-state index contributed by atoms with van der Waals surface area (Å²) in [5.74, 6) is 0.736. The second-order valence-electron chi connectivity index (χ2n) is 7.19. The number of nitrogens with one attached hydrogen (secondary N) is 2. The SMILES string of the molecule is CCNC(=NCC1(C)CCCC1)NC1CCN(CC(F)(F)F)C1. The van der Waals surface area contributed by atoms with Crippen LogP contribution in [0.2, 0.25) is 0 Å². The van der Waals surface area contributed by atoms with Gasteiger partial charge >= 0.3 is 6.18 Å². The predicted octanol–water partition coefficient (Wildman–Crippen LogP) is 2.76. The fourth-order valence-corrected chi connectivity index (χ4v) is 3.52. The van der Waals surface area contributed by atoms with E-state index in [1.165, 1.54) is 30.6 Å². The Morgan fingerprint density at radius 1 is 1.30 bits per heavy atom. The molecule has 1 atom stereocenters. The zero-order valence-corrected chi connectivity index (χ0v) is 14.2. The zero-order valence-electron chi connectivity index (χ0n) is 14.2. The first kappa shape index (κ1) is 18.4. The van der Waals surface area contributed by atoms with E-state index in [2.05, 4.69) is 22.5 Å². The van der Waals surface area contributed by atoms with Crippen molar-refractivity contribution in [3.8, 4) is 0 Å². The van der Waals surface area contributed by atoms with Gasteiger partial charge < -0.3 is 10.6 Å². The summed E-state index contributed by atoms with van der Waals surface area (Å²) >= 11 is 0. The minimum absolute atomic E-state index is 0.0338. The van der Waals surface area contributed by atoms with E-state index in [-0.39, 0.29) is 11.5 Å². The van der Waals surface area contributed by atoms with Gasteiger partial charge in [-0.15, -0.1) is 0 Å². The minimum atomic E-state index is -4.12. The van der Waals surface area contributed by atoms with Crippen LogP contribution in [-0.4, -0.2) is 55.8 Å². The fraction of sp³-hybridized carbons (Fsp3) is 0.938. The second kappa shape index (κ2) is 7.73. The highest BCUT2D eigenvalue weighted by Crippen LogP contribution is 2.37. The van der Waals surface area contributed by atoms with Gasteiger partial charge in [0.1, 0.15) is 0 Å². The highest BCUT2D eigenvalue weighted by molar-refractivity contribution is 5.80. The predicted molar refractivity (Wildman–Crippen MR) is 86.6 cm³/mol. The number of guanidine groups is 1. The van der Waals surface area contributed by atoms with Gasteiger partial charge in [0, 0.05) is 32.2 Å². The van der Waals surface area contributed by atoms with Gasteiger partial charge in [0.2, 0.25) is 0 Å². The molecule has 23 heavy (non-hydrogen) atoms. The van der Waals surface area contributed by atoms with Crippen LogP contribution in [0.5, 0.6) is 0 Å². The molecule has 7 heteroatoms. The average Bonchev–Trinajstić information content (AvgIpc) is 3.05. The van der Waals surface area contributed by atoms with E-state index < -0.39 is 12.7 Å². The molecule has 0 spiro atoms. The van der Waals surface area contributed by atoms with E-state index >= 15 is 0 Å². The van der Waals surface area contributed by atoms with E-state index in [1.54, 1.807) is 0 Å². The molecule has 1 saturated heterocycles. The van der Waals surface area contributed by atoms with E-state index in [9.17, 15) is 13.2 Å². The highest BCUT2D eigenvalue weighted by Gasteiger charge is 2.34. The van der Waals surface area contributed by atoms with Crippen molar-refractivity contribution in [2.45, 2.75) is 58.2 Å². The van der Waals surface area contributed by atoms with Gasteiger partial charge in [0.25, 0.3) is 0 Å². The van der Waals surface area contributed by atoms with Gasteiger partial charge in [-0.25, -0.2) is 0 Å². The lowest BCUT2D eigenvalue weighted by Crippen LogP contribution is -2.45. The third kappa shape index (κ3) is 6.20. The third-order valence-electron chi connectivity index (χ3n) is 4.79. The molecular weight excluding hydrogens is 305 g/mol. The van der Waals surface area contributed by atoms with Crippen LogP contribution in [0.15, 0.2) is 4.99 Å². The topological polar surface area (TPSA) is 39.7 Å². The average molecular weight is 334 g/mol. The summed E-state index contributed by atoms with van der Waals surface area (Å²) in [6.07, 6.45) is 1.55. The lowest BCUT2D eigenvalue weighted by atomic mass is 9.89. The summed E-state index contributed by atoms with van der Waals surface area (Å²) in [5.41, 5.74) is 0.278. The lowest BCUT2D eigenvalue weighted by molar-refractivity contribution is -0.143. The molecule has 0 aromatic rings. The number of rotatable bonds is 5. The number of halogens is 3. The number of hydrogen-bond acceptors (Lipinski definition) is 2. The van der Waals surface area contributed by atoms with Crippen LogP contribution < -0.4 is 10.6 Å². The Balaban J connectivity index is 1.84. The van der Waals surface area contributed by atoms with Crippen molar-refractivity contribution in [1.82, 2.24) is 15.5 Å². The summed E-state index contributed by atoms with van der Waals surface area (Å²) in [4.78, 5) is 6.14. The molecule has 4 nitrogen and oxygen atoms in total. The number of likely N-dealkylation sites (tertiary alicyclic amines) is 1. The van der Waals surface area contributed by atoms with Gasteiger partial charge in [-0.05, 0) is 31.6 Å². The lowest BCUT2D eigenvalue weighted by Gasteiger charge is -2.23. The zero-order chi connectivity index (χ0) is 16.9. The van der Waals surface area contributed by atoms with Gasteiger partial charge in [-0.2, -0.15) is 13.2 Å². The van der Waals surface area contributed by atoms with Crippen LogP contribution in [0, 0.1) is 5.41 Å². The molecule has 1 saturated carbocycles. The van der Waals surface area contributed by atoms with E-state index in [0.29, 0.717) is 13.1 Å². The maximum Gasteiger partial charge on any atom is 0.401 e. The van der Waals surface area contributed by atoms with Crippen LogP contribution in [0.1, 0.15) is 46.0 Å². The van der Waals surface area contributed by atoms with E-state index in [1.807, 2.05) is 6.92 Å². The molecule has 0 amide bonds. The Morgan fingerprint density at radius 3 is 2.61 bits per heavy atom. The standard InChI is InChI=1S/C16H29F3N4/c1-3-20-14(21-11-15(2)7-4-5-8-15)22-13-6-9-23(10-13)12-16(17,18)19/h13H,3-12H2,1-2H3,(H2,20,21,22). The molecule has 0 aromatic heterocycles. The summed E-state index contributed by atoms with van der Waals surface area (Å²) in [7, 11) is 0. The van der Waals surface area contributed by atoms with Crippen molar-refractivity contribution < 1.29 is 13.2 Å². The molecule has 1 unspecified atom stereocenters. The van der Waals surface area contributed by atoms with E-state index in [4.69, 9.17) is 0 Å². The van der Waals surface area contributed by atoms with Crippen LogP contribution in [-0.2, 0) is 0 Å². The smallest absolute Gasteiger partial charge is 0.357 e. The largest absolute Gasteiger partial charge is 0.401 e. The first-order chi connectivity index (χ1) is 10.8. The minimum Gasteiger partial charge on any atom is -0.357 e.